The van der Waals surface area contributed by atoms with E-state index in [2.05, 4.69) is 34.6 Å². The Balaban J connectivity index is 1.66. The van der Waals surface area contributed by atoms with E-state index in [0.717, 1.165) is 28.6 Å². The summed E-state index contributed by atoms with van der Waals surface area (Å²) in [7, 11) is 1.98. The summed E-state index contributed by atoms with van der Waals surface area (Å²) in [6, 6.07) is 8.39. The minimum Gasteiger partial charge on any atom is -0.481 e. The minimum atomic E-state index is -0.678. The third kappa shape index (κ3) is 2.05. The second-order valence-electron chi connectivity index (χ2n) is 5.59. The van der Waals surface area contributed by atoms with Crippen LogP contribution < -0.4 is 0 Å². The Kier molecular flexibility index (Phi) is 2.65. The quantitative estimate of drug-likeness (QED) is 0.805. The van der Waals surface area contributed by atoms with Crippen LogP contribution >= 0.6 is 11.3 Å². The Morgan fingerprint density at radius 3 is 3.05 bits per heavy atom. The minimum absolute atomic E-state index is 0.189. The van der Waals surface area contributed by atoms with E-state index in [1.807, 2.05) is 17.9 Å². The van der Waals surface area contributed by atoms with Crippen molar-refractivity contribution >= 4 is 28.3 Å². The van der Waals surface area contributed by atoms with Gasteiger partial charge in [0.1, 0.15) is 0 Å². The van der Waals surface area contributed by atoms with E-state index < -0.39 is 5.97 Å². The molecule has 0 unspecified atom stereocenters. The van der Waals surface area contributed by atoms with Gasteiger partial charge in [-0.25, -0.2) is 4.98 Å². The predicted molar refractivity (Wildman–Crippen MR) is 82.5 cm³/mol. The molecular formula is C16H14N2O2S. The summed E-state index contributed by atoms with van der Waals surface area (Å²) in [4.78, 5) is 16.5. The van der Waals surface area contributed by atoms with Gasteiger partial charge in [-0.1, -0.05) is 6.07 Å². The van der Waals surface area contributed by atoms with Gasteiger partial charge in [0.15, 0.2) is 0 Å². The van der Waals surface area contributed by atoms with E-state index in [1.165, 1.54) is 4.88 Å². The van der Waals surface area contributed by atoms with Crippen molar-refractivity contribution < 1.29 is 9.90 Å². The molecule has 1 aliphatic carbocycles. The molecule has 1 aromatic carbocycles. The first-order chi connectivity index (χ1) is 10.1. The molecule has 4 nitrogen and oxygen atoms in total. The van der Waals surface area contributed by atoms with Crippen LogP contribution in [0.4, 0.5) is 0 Å². The van der Waals surface area contributed by atoms with Crippen molar-refractivity contribution in [1.29, 1.82) is 0 Å². The first kappa shape index (κ1) is 12.6. The lowest BCUT2D eigenvalue weighted by atomic mass is 10.1. The topological polar surface area (TPSA) is 55.1 Å². The molecule has 1 saturated carbocycles. The molecule has 106 valence electrons. The zero-order valence-electron chi connectivity index (χ0n) is 11.5. The molecule has 5 heteroatoms. The van der Waals surface area contributed by atoms with Gasteiger partial charge in [0, 0.05) is 11.9 Å². The molecule has 3 aromatic rings. The average Bonchev–Trinajstić information content (AvgIpc) is 2.99. The standard InChI is InChI=1S/C16H14N2O2S/c1-18-8-17-13-4-9(2-3-14(13)18)15-5-10(7-21-15)11-6-12(11)16(19)20/h2-5,7-8,11-12H,6H2,1H3,(H,19,20)/t11-,12+/m0/s1. The Bertz CT molecular complexity index is 849. The molecular weight excluding hydrogens is 284 g/mol. The molecule has 21 heavy (non-hydrogen) atoms. The number of aryl methyl sites for hydroxylation is 1. The van der Waals surface area contributed by atoms with Gasteiger partial charge in [0.05, 0.1) is 23.3 Å². The molecule has 2 heterocycles. The maximum Gasteiger partial charge on any atom is 0.307 e. The number of hydrogen-bond acceptors (Lipinski definition) is 3. The van der Waals surface area contributed by atoms with Gasteiger partial charge in [-0.3, -0.25) is 4.79 Å². The van der Waals surface area contributed by atoms with Crippen molar-refractivity contribution in [1.82, 2.24) is 9.55 Å². The summed E-state index contributed by atoms with van der Waals surface area (Å²) in [5.41, 5.74) is 4.40. The zero-order valence-corrected chi connectivity index (χ0v) is 12.3. The Morgan fingerprint density at radius 2 is 2.29 bits per heavy atom. The van der Waals surface area contributed by atoms with Crippen molar-refractivity contribution in [2.45, 2.75) is 12.3 Å². The lowest BCUT2D eigenvalue weighted by Gasteiger charge is -1.99. The first-order valence-electron chi connectivity index (χ1n) is 6.86. The fraction of sp³-hybridized carbons (Fsp3) is 0.250. The van der Waals surface area contributed by atoms with Gasteiger partial charge >= 0.3 is 5.97 Å². The fourth-order valence-electron chi connectivity index (χ4n) is 2.82. The summed E-state index contributed by atoms with van der Waals surface area (Å²) >= 11 is 1.67. The molecule has 0 bridgehead atoms. The highest BCUT2D eigenvalue weighted by molar-refractivity contribution is 7.13. The number of carbonyl (C=O) groups is 1. The number of aromatic nitrogens is 2. The molecule has 1 N–H and O–H groups in total. The largest absolute Gasteiger partial charge is 0.481 e. The second kappa shape index (κ2) is 4.43. The van der Waals surface area contributed by atoms with E-state index in [1.54, 1.807) is 11.3 Å². The van der Waals surface area contributed by atoms with Gasteiger partial charge < -0.3 is 9.67 Å². The number of carboxylic acids is 1. The van der Waals surface area contributed by atoms with Crippen LogP contribution in [0.15, 0.2) is 36.0 Å². The third-order valence-corrected chi connectivity index (χ3v) is 5.16. The van der Waals surface area contributed by atoms with Gasteiger partial charge in [0.25, 0.3) is 0 Å². The number of thiophene rings is 1. The highest BCUT2D eigenvalue weighted by Gasteiger charge is 2.44. The number of imidazole rings is 1. The normalized spacial score (nSPS) is 20.8. The zero-order chi connectivity index (χ0) is 14.6. The summed E-state index contributed by atoms with van der Waals surface area (Å²) < 4.78 is 2.00. The number of benzene rings is 1. The highest BCUT2D eigenvalue weighted by Crippen LogP contribution is 2.49. The summed E-state index contributed by atoms with van der Waals surface area (Å²) in [5, 5.41) is 11.1. The molecule has 2 aromatic heterocycles. The molecule has 0 spiro atoms. The Labute approximate surface area is 125 Å². The van der Waals surface area contributed by atoms with Crippen molar-refractivity contribution in [3.63, 3.8) is 0 Å². The Morgan fingerprint density at radius 1 is 1.43 bits per heavy atom. The van der Waals surface area contributed by atoms with Crippen LogP contribution in [0.3, 0.4) is 0 Å². The molecule has 0 saturated heterocycles. The molecule has 2 atom stereocenters. The molecule has 1 fully saturated rings. The van der Waals surface area contributed by atoms with Gasteiger partial charge in [-0.15, -0.1) is 11.3 Å². The lowest BCUT2D eigenvalue weighted by molar-refractivity contribution is -0.138. The number of carboxylic acid groups (broad SMARTS) is 1. The summed E-state index contributed by atoms with van der Waals surface area (Å²) in [6.45, 7) is 0. The number of aliphatic carboxylic acids is 1. The summed E-state index contributed by atoms with van der Waals surface area (Å²) in [6.07, 6.45) is 2.58. The van der Waals surface area contributed by atoms with Gasteiger partial charge in [-0.05, 0) is 47.0 Å². The second-order valence-corrected chi connectivity index (χ2v) is 6.50. The van der Waals surface area contributed by atoms with Gasteiger partial charge in [0.2, 0.25) is 0 Å². The lowest BCUT2D eigenvalue weighted by Crippen LogP contribution is -1.98. The van der Waals surface area contributed by atoms with E-state index in [0.29, 0.717) is 0 Å². The number of hydrogen-bond donors (Lipinski definition) is 1. The van der Waals surface area contributed by atoms with Crippen molar-refractivity contribution in [2.75, 3.05) is 0 Å². The smallest absolute Gasteiger partial charge is 0.307 e. The predicted octanol–water partition coefficient (Wildman–Crippen LogP) is 3.49. The van der Waals surface area contributed by atoms with E-state index in [9.17, 15) is 4.79 Å². The fourth-order valence-corrected chi connectivity index (χ4v) is 3.80. The molecule has 1 aliphatic rings. The van der Waals surface area contributed by atoms with Gasteiger partial charge in [-0.2, -0.15) is 0 Å². The van der Waals surface area contributed by atoms with Crippen molar-refractivity contribution in [3.05, 3.63) is 41.5 Å². The highest BCUT2D eigenvalue weighted by atomic mass is 32.1. The maximum atomic E-state index is 11.0. The van der Waals surface area contributed by atoms with Crippen LogP contribution in [0, 0.1) is 5.92 Å². The Hall–Kier alpha value is -2.14. The summed E-state index contributed by atoms with van der Waals surface area (Å²) in [5.74, 6) is -0.667. The van der Waals surface area contributed by atoms with Crippen LogP contribution in [0.2, 0.25) is 0 Å². The van der Waals surface area contributed by atoms with E-state index in [4.69, 9.17) is 5.11 Å². The molecule has 0 radical (unpaired) electrons. The molecule has 0 aliphatic heterocycles. The number of rotatable bonds is 3. The monoisotopic (exact) mass is 298 g/mol. The van der Waals surface area contributed by atoms with Crippen LogP contribution in [-0.2, 0) is 11.8 Å². The number of nitrogens with zero attached hydrogens (tertiary/aromatic N) is 2. The van der Waals surface area contributed by atoms with Crippen LogP contribution in [0.1, 0.15) is 17.9 Å². The van der Waals surface area contributed by atoms with Crippen LogP contribution in [0.25, 0.3) is 21.5 Å². The third-order valence-electron chi connectivity index (χ3n) is 4.17. The SMILES string of the molecule is Cn1cnc2cc(-c3cc([C@@H]4C[C@H]4C(=O)O)cs3)ccc21. The molecule has 4 rings (SSSR count). The van der Waals surface area contributed by atoms with Crippen molar-refractivity contribution in [2.24, 2.45) is 13.0 Å². The average molecular weight is 298 g/mol. The molecule has 0 amide bonds. The van der Waals surface area contributed by atoms with Crippen molar-refractivity contribution in [3.8, 4) is 10.4 Å². The first-order valence-corrected chi connectivity index (χ1v) is 7.74. The van der Waals surface area contributed by atoms with E-state index in [-0.39, 0.29) is 11.8 Å². The maximum absolute atomic E-state index is 11.0. The van der Waals surface area contributed by atoms with E-state index >= 15 is 0 Å². The van der Waals surface area contributed by atoms with Crippen LogP contribution in [0.5, 0.6) is 0 Å². The number of fused-ring (bicyclic) bond motifs is 1. The van der Waals surface area contributed by atoms with Crippen LogP contribution in [-0.4, -0.2) is 20.6 Å².